The van der Waals surface area contributed by atoms with Gasteiger partial charge < -0.3 is 9.64 Å². The Morgan fingerprint density at radius 3 is 2.52 bits per heavy atom. The van der Waals surface area contributed by atoms with E-state index in [1.54, 1.807) is 0 Å². The van der Waals surface area contributed by atoms with Crippen LogP contribution in [0.5, 0.6) is 0 Å². The molecule has 1 saturated heterocycles. The van der Waals surface area contributed by atoms with E-state index in [-0.39, 0.29) is 0 Å². The SMILES string of the molecule is CN(C)[P@](=S)(c1ccccc1)[C@H]1CCCC=C1N1CCOCC1. The minimum absolute atomic E-state index is 0.460. The van der Waals surface area contributed by atoms with E-state index >= 15 is 0 Å². The van der Waals surface area contributed by atoms with Crippen LogP contribution in [0, 0.1) is 0 Å². The van der Waals surface area contributed by atoms with Crippen molar-refractivity contribution in [3.05, 3.63) is 42.1 Å². The summed E-state index contributed by atoms with van der Waals surface area (Å²) in [4.78, 5) is 2.53. The molecular weight excluding hydrogens is 323 g/mol. The third kappa shape index (κ3) is 3.41. The van der Waals surface area contributed by atoms with Crippen LogP contribution in [0.3, 0.4) is 0 Å². The Hall–Kier alpha value is -0.670. The maximum absolute atomic E-state index is 6.40. The monoisotopic (exact) mass is 350 g/mol. The van der Waals surface area contributed by atoms with Gasteiger partial charge in [0, 0.05) is 24.4 Å². The zero-order valence-corrected chi connectivity index (χ0v) is 15.9. The number of allylic oxidation sites excluding steroid dienone is 2. The third-order valence-corrected chi connectivity index (χ3v) is 10.9. The molecule has 0 unspecified atom stereocenters. The molecular formula is C18H27N2OPS. The lowest BCUT2D eigenvalue weighted by Crippen LogP contribution is -2.42. The lowest BCUT2D eigenvalue weighted by atomic mass is 10.0. The van der Waals surface area contributed by atoms with Crippen molar-refractivity contribution >= 4 is 23.3 Å². The van der Waals surface area contributed by atoms with Crippen LogP contribution in [0.4, 0.5) is 0 Å². The summed E-state index contributed by atoms with van der Waals surface area (Å²) in [7, 11) is 4.33. The summed E-state index contributed by atoms with van der Waals surface area (Å²) in [5.74, 6) is 0. The number of benzene rings is 1. The molecule has 5 heteroatoms. The highest BCUT2D eigenvalue weighted by molar-refractivity contribution is 8.17. The van der Waals surface area contributed by atoms with Gasteiger partial charge in [0.25, 0.3) is 0 Å². The minimum Gasteiger partial charge on any atom is -0.378 e. The number of ether oxygens (including phenoxy) is 1. The molecule has 0 aromatic heterocycles. The van der Waals surface area contributed by atoms with E-state index in [2.05, 4.69) is 60.1 Å². The molecule has 1 fully saturated rings. The standard InChI is InChI=1S/C18H27N2OPS/c1-19(2)22(23,16-8-4-3-5-9-16)18-11-7-6-10-17(18)20-12-14-21-15-13-20/h3-5,8-10,18H,6-7,11-15H2,1-2H3/t18-,22-/m0/s1. The van der Waals surface area contributed by atoms with E-state index in [1.165, 1.54) is 30.3 Å². The number of morpholine rings is 1. The summed E-state index contributed by atoms with van der Waals surface area (Å²) >= 11 is 6.40. The zero-order valence-electron chi connectivity index (χ0n) is 14.1. The molecule has 0 spiro atoms. The van der Waals surface area contributed by atoms with Gasteiger partial charge in [0.1, 0.15) is 0 Å². The van der Waals surface area contributed by atoms with Gasteiger partial charge in [-0.3, -0.25) is 4.67 Å². The van der Waals surface area contributed by atoms with Gasteiger partial charge in [-0.1, -0.05) is 48.2 Å². The van der Waals surface area contributed by atoms with Crippen molar-refractivity contribution in [2.45, 2.75) is 24.9 Å². The van der Waals surface area contributed by atoms with E-state index in [1.807, 2.05) is 0 Å². The number of hydrogen-bond acceptors (Lipinski definition) is 3. The van der Waals surface area contributed by atoms with Crippen LogP contribution < -0.4 is 5.30 Å². The Morgan fingerprint density at radius 1 is 1.17 bits per heavy atom. The Balaban J connectivity index is 1.99. The lowest BCUT2D eigenvalue weighted by molar-refractivity contribution is 0.0515. The number of rotatable bonds is 4. The quantitative estimate of drug-likeness (QED) is 0.776. The van der Waals surface area contributed by atoms with Crippen LogP contribution in [0.15, 0.2) is 42.1 Å². The van der Waals surface area contributed by atoms with Gasteiger partial charge in [-0.2, -0.15) is 0 Å². The predicted molar refractivity (Wildman–Crippen MR) is 102 cm³/mol. The molecule has 0 amide bonds. The first-order valence-electron chi connectivity index (χ1n) is 8.50. The van der Waals surface area contributed by atoms with E-state index in [4.69, 9.17) is 16.5 Å². The summed E-state index contributed by atoms with van der Waals surface area (Å²) in [6.45, 7) is 3.67. The lowest BCUT2D eigenvalue weighted by Gasteiger charge is -2.44. The van der Waals surface area contributed by atoms with Crippen LogP contribution in [-0.2, 0) is 16.5 Å². The first-order chi connectivity index (χ1) is 11.1. The normalized spacial score (nSPS) is 25.1. The fourth-order valence-corrected chi connectivity index (χ4v) is 7.84. The number of hydrogen-bond donors (Lipinski definition) is 0. The van der Waals surface area contributed by atoms with Crippen LogP contribution >= 0.6 is 6.19 Å². The molecule has 0 radical (unpaired) electrons. The highest BCUT2D eigenvalue weighted by Gasteiger charge is 2.38. The molecule has 2 atom stereocenters. The number of nitrogens with zero attached hydrogens (tertiary/aromatic N) is 2. The second kappa shape index (κ2) is 7.48. The summed E-state index contributed by atoms with van der Waals surface area (Å²) in [6.07, 6.45) is 4.26. The van der Waals surface area contributed by atoms with Gasteiger partial charge in [-0.25, -0.2) is 0 Å². The average Bonchev–Trinajstić information content (AvgIpc) is 2.62. The van der Waals surface area contributed by atoms with E-state index < -0.39 is 6.19 Å². The van der Waals surface area contributed by atoms with Gasteiger partial charge in [0.05, 0.1) is 19.4 Å². The zero-order chi connectivity index (χ0) is 16.3. The first kappa shape index (κ1) is 17.2. The maximum atomic E-state index is 6.40. The minimum atomic E-state index is -1.83. The topological polar surface area (TPSA) is 15.7 Å². The third-order valence-electron chi connectivity index (χ3n) is 4.90. The molecule has 2 aliphatic rings. The fourth-order valence-electron chi connectivity index (χ4n) is 3.69. The molecule has 126 valence electrons. The van der Waals surface area contributed by atoms with Crippen molar-refractivity contribution in [2.75, 3.05) is 40.4 Å². The van der Waals surface area contributed by atoms with Gasteiger partial charge in [-0.05, 0) is 38.7 Å². The molecule has 1 aliphatic heterocycles. The molecule has 1 aromatic rings. The van der Waals surface area contributed by atoms with Crippen molar-refractivity contribution in [1.29, 1.82) is 0 Å². The van der Waals surface area contributed by atoms with Gasteiger partial charge in [0.2, 0.25) is 0 Å². The van der Waals surface area contributed by atoms with Crippen molar-refractivity contribution in [3.63, 3.8) is 0 Å². The Kier molecular flexibility index (Phi) is 5.58. The van der Waals surface area contributed by atoms with Gasteiger partial charge in [-0.15, -0.1) is 0 Å². The average molecular weight is 350 g/mol. The summed E-state index contributed by atoms with van der Waals surface area (Å²) in [6, 6.07) is 10.8. The molecule has 1 aliphatic carbocycles. The van der Waals surface area contributed by atoms with Crippen LogP contribution in [-0.4, -0.2) is 55.6 Å². The molecule has 1 heterocycles. The maximum Gasteiger partial charge on any atom is 0.0642 e. The van der Waals surface area contributed by atoms with Crippen molar-refractivity contribution in [1.82, 2.24) is 9.57 Å². The Bertz CT molecular complexity index is 596. The van der Waals surface area contributed by atoms with Gasteiger partial charge >= 0.3 is 0 Å². The Morgan fingerprint density at radius 2 is 1.87 bits per heavy atom. The second-order valence-corrected chi connectivity index (χ2v) is 11.3. The highest BCUT2D eigenvalue weighted by atomic mass is 32.4. The molecule has 23 heavy (non-hydrogen) atoms. The molecule has 0 saturated carbocycles. The molecule has 1 aromatic carbocycles. The van der Waals surface area contributed by atoms with Gasteiger partial charge in [0.15, 0.2) is 0 Å². The molecule has 3 nitrogen and oxygen atoms in total. The van der Waals surface area contributed by atoms with E-state index in [0.29, 0.717) is 5.66 Å². The molecule has 3 rings (SSSR count). The fraction of sp³-hybridized carbons (Fsp3) is 0.556. The van der Waals surface area contributed by atoms with Crippen LogP contribution in [0.2, 0.25) is 0 Å². The Labute approximate surface area is 145 Å². The van der Waals surface area contributed by atoms with Crippen LogP contribution in [0.1, 0.15) is 19.3 Å². The van der Waals surface area contributed by atoms with Crippen molar-refractivity contribution in [2.24, 2.45) is 0 Å². The summed E-state index contributed by atoms with van der Waals surface area (Å²) in [5, 5.41) is 1.34. The van der Waals surface area contributed by atoms with Crippen molar-refractivity contribution < 1.29 is 4.74 Å². The second-order valence-electron chi connectivity index (χ2n) is 6.48. The first-order valence-corrected chi connectivity index (χ1v) is 11.3. The van der Waals surface area contributed by atoms with E-state index in [9.17, 15) is 0 Å². The predicted octanol–water partition coefficient (Wildman–Crippen LogP) is 3.04. The van der Waals surface area contributed by atoms with E-state index in [0.717, 1.165) is 26.3 Å². The largest absolute Gasteiger partial charge is 0.378 e. The molecule has 0 bridgehead atoms. The summed E-state index contributed by atoms with van der Waals surface area (Å²) in [5.41, 5.74) is 1.95. The summed E-state index contributed by atoms with van der Waals surface area (Å²) < 4.78 is 7.88. The van der Waals surface area contributed by atoms with Crippen molar-refractivity contribution in [3.8, 4) is 0 Å². The highest BCUT2D eigenvalue weighted by Crippen LogP contribution is 2.57. The van der Waals surface area contributed by atoms with Crippen LogP contribution in [0.25, 0.3) is 0 Å². The molecule has 0 N–H and O–H groups in total. The smallest absolute Gasteiger partial charge is 0.0642 e.